The van der Waals surface area contributed by atoms with E-state index in [1.54, 1.807) is 78.9 Å². The number of hydrogen-bond donors (Lipinski definition) is 0. The molecule has 0 aliphatic rings. The third kappa shape index (κ3) is 7.56. The fraction of sp³-hybridized carbons (Fsp3) is 0.0400. The van der Waals surface area contributed by atoms with E-state index in [1.165, 1.54) is 24.3 Å². The number of halogens is 1. The van der Waals surface area contributed by atoms with Crippen LogP contribution in [0.4, 0.5) is 0 Å². The van der Waals surface area contributed by atoms with Crippen molar-refractivity contribution in [2.24, 2.45) is 0 Å². The molecule has 4 aromatic rings. The normalized spacial score (nSPS) is 12.7. The molecule has 0 saturated carbocycles. The van der Waals surface area contributed by atoms with Gasteiger partial charge in [0, 0.05) is 11.2 Å². The molecule has 0 aromatic heterocycles. The van der Waals surface area contributed by atoms with E-state index in [9.17, 15) is 9.13 Å². The van der Waals surface area contributed by atoms with Crippen molar-refractivity contribution in [1.29, 1.82) is 0 Å². The lowest BCUT2D eigenvalue weighted by molar-refractivity contribution is 0.298. The molecule has 0 amide bonds. The summed E-state index contributed by atoms with van der Waals surface area (Å²) in [5, 5.41) is 0. The number of para-hydroxylation sites is 2. The van der Waals surface area contributed by atoms with E-state index in [2.05, 4.69) is 0 Å². The standard InChI is InChI=1S/C25H21ClO7P2/c1-20-9-8-14-25(19-20)30-34(26,27)29-23-15-17-24(18-16-23)33-35(28,31-21-10-4-2-5-11-21)32-22-12-6-3-7-13-22/h2-19H,1H3. The second kappa shape index (κ2) is 10.9. The zero-order chi connectivity index (χ0) is 24.7. The summed E-state index contributed by atoms with van der Waals surface area (Å²) in [5.41, 5.74) is 0.917. The fourth-order valence-electron chi connectivity index (χ4n) is 2.91. The van der Waals surface area contributed by atoms with Crippen molar-refractivity contribution in [3.63, 3.8) is 0 Å². The molecular formula is C25H21ClO7P2. The summed E-state index contributed by atoms with van der Waals surface area (Å²) < 4.78 is 53.5. The van der Waals surface area contributed by atoms with Gasteiger partial charge in [0.1, 0.15) is 28.7 Å². The maximum Gasteiger partial charge on any atom is 0.647 e. The summed E-state index contributed by atoms with van der Waals surface area (Å²) in [5.74, 6) is 1.26. The lowest BCUT2D eigenvalue weighted by atomic mass is 10.2. The molecule has 35 heavy (non-hydrogen) atoms. The van der Waals surface area contributed by atoms with Crippen molar-refractivity contribution < 1.29 is 31.7 Å². The lowest BCUT2D eigenvalue weighted by Crippen LogP contribution is -2.07. The average molecular weight is 531 g/mol. The van der Waals surface area contributed by atoms with Crippen molar-refractivity contribution >= 4 is 26.0 Å². The van der Waals surface area contributed by atoms with Gasteiger partial charge in [0.15, 0.2) is 0 Å². The molecule has 180 valence electrons. The third-order valence-electron chi connectivity index (χ3n) is 4.38. The average Bonchev–Trinajstić information content (AvgIpc) is 2.81. The molecular weight excluding hydrogens is 510 g/mol. The lowest BCUT2D eigenvalue weighted by Gasteiger charge is -2.19. The highest BCUT2D eigenvalue weighted by Gasteiger charge is 2.33. The summed E-state index contributed by atoms with van der Waals surface area (Å²) in [6, 6.07) is 29.8. The Morgan fingerprint density at radius 1 is 0.514 bits per heavy atom. The van der Waals surface area contributed by atoms with E-state index in [-0.39, 0.29) is 11.5 Å². The summed E-state index contributed by atoms with van der Waals surface area (Å²) >= 11 is 5.98. The first-order chi connectivity index (χ1) is 16.8. The third-order valence-corrected chi connectivity index (χ3v) is 6.96. The summed E-state index contributed by atoms with van der Waals surface area (Å²) in [4.78, 5) is 0. The van der Waals surface area contributed by atoms with Gasteiger partial charge in [0.25, 0.3) is 0 Å². The highest BCUT2D eigenvalue weighted by atomic mass is 35.7. The Bertz CT molecular complexity index is 1300. The monoisotopic (exact) mass is 530 g/mol. The Labute approximate surface area is 208 Å². The largest absolute Gasteiger partial charge is 0.647 e. The van der Waals surface area contributed by atoms with Crippen LogP contribution >= 0.6 is 26.0 Å². The van der Waals surface area contributed by atoms with Gasteiger partial charge in [-0.3, -0.25) is 0 Å². The topological polar surface area (TPSA) is 80.3 Å². The molecule has 1 unspecified atom stereocenters. The molecule has 0 N–H and O–H groups in total. The van der Waals surface area contributed by atoms with Crippen LogP contribution in [0.25, 0.3) is 0 Å². The van der Waals surface area contributed by atoms with Crippen molar-refractivity contribution in [3.8, 4) is 28.7 Å². The second-order valence-corrected chi connectivity index (χ2v) is 11.2. The van der Waals surface area contributed by atoms with Crippen LogP contribution in [0.15, 0.2) is 109 Å². The van der Waals surface area contributed by atoms with Crippen LogP contribution < -0.4 is 22.6 Å². The minimum atomic E-state index is -4.14. The second-order valence-electron chi connectivity index (χ2n) is 7.25. The molecule has 0 spiro atoms. The predicted molar refractivity (Wildman–Crippen MR) is 135 cm³/mol. The predicted octanol–water partition coefficient (Wildman–Crippen LogP) is 8.44. The number of phosphoric ester groups is 1. The molecule has 7 nitrogen and oxygen atoms in total. The van der Waals surface area contributed by atoms with Crippen LogP contribution in [0, 0.1) is 6.92 Å². The van der Waals surface area contributed by atoms with Crippen LogP contribution in [0.1, 0.15) is 5.56 Å². The zero-order valence-corrected chi connectivity index (χ0v) is 21.1. The summed E-state index contributed by atoms with van der Waals surface area (Å²) in [6.07, 6.45) is 0. The molecule has 0 heterocycles. The van der Waals surface area contributed by atoms with E-state index in [0.29, 0.717) is 17.2 Å². The van der Waals surface area contributed by atoms with Crippen LogP contribution in [-0.2, 0) is 9.13 Å². The van der Waals surface area contributed by atoms with Crippen LogP contribution in [-0.4, -0.2) is 0 Å². The molecule has 1 atom stereocenters. The van der Waals surface area contributed by atoms with E-state index in [1.807, 2.05) is 13.0 Å². The Morgan fingerprint density at radius 2 is 0.914 bits per heavy atom. The summed E-state index contributed by atoms with van der Waals surface area (Å²) in [6.45, 7) is -2.11. The molecule has 0 radical (unpaired) electrons. The molecule has 0 aliphatic heterocycles. The smallest absolute Gasteiger partial charge is 0.405 e. The van der Waals surface area contributed by atoms with E-state index < -0.39 is 14.8 Å². The number of rotatable bonds is 10. The van der Waals surface area contributed by atoms with Crippen LogP contribution in [0.3, 0.4) is 0 Å². The highest BCUT2D eigenvalue weighted by molar-refractivity contribution is 7.82. The van der Waals surface area contributed by atoms with Crippen molar-refractivity contribution in [3.05, 3.63) is 115 Å². The van der Waals surface area contributed by atoms with Gasteiger partial charge < -0.3 is 22.6 Å². The number of phosphoric acid groups is 1. The van der Waals surface area contributed by atoms with Crippen molar-refractivity contribution in [2.75, 3.05) is 0 Å². The Hall–Kier alpha value is -3.37. The van der Waals surface area contributed by atoms with Gasteiger partial charge in [-0.1, -0.05) is 48.5 Å². The van der Waals surface area contributed by atoms with Crippen molar-refractivity contribution in [1.82, 2.24) is 0 Å². The zero-order valence-electron chi connectivity index (χ0n) is 18.5. The molecule has 4 rings (SSSR count). The van der Waals surface area contributed by atoms with Gasteiger partial charge in [-0.15, -0.1) is 0 Å². The Kier molecular flexibility index (Phi) is 7.72. The fourth-order valence-corrected chi connectivity index (χ4v) is 5.42. The Balaban J connectivity index is 1.48. The first kappa shape index (κ1) is 24.7. The quantitative estimate of drug-likeness (QED) is 0.190. The van der Waals surface area contributed by atoms with E-state index in [0.717, 1.165) is 5.56 Å². The maximum absolute atomic E-state index is 13.5. The number of aryl methyl sites for hydroxylation is 1. The molecule has 10 heteroatoms. The van der Waals surface area contributed by atoms with E-state index in [4.69, 9.17) is 33.9 Å². The van der Waals surface area contributed by atoms with Gasteiger partial charge in [-0.05, 0) is 73.2 Å². The van der Waals surface area contributed by atoms with Gasteiger partial charge in [-0.25, -0.2) is 4.57 Å². The van der Waals surface area contributed by atoms with Gasteiger partial charge >= 0.3 is 14.8 Å². The minimum absolute atomic E-state index is 0.158. The molecule has 4 aromatic carbocycles. The first-order valence-corrected chi connectivity index (χ1v) is 14.3. The molecule has 0 fully saturated rings. The maximum atomic E-state index is 13.5. The molecule has 0 aliphatic carbocycles. The van der Waals surface area contributed by atoms with Gasteiger partial charge in [-0.2, -0.15) is 4.57 Å². The van der Waals surface area contributed by atoms with Gasteiger partial charge in [0.05, 0.1) is 0 Å². The minimum Gasteiger partial charge on any atom is -0.405 e. The SMILES string of the molecule is Cc1cccc(OP(=O)(Cl)Oc2ccc(OP(=O)(Oc3ccccc3)Oc3ccccc3)cc2)c1. The number of benzene rings is 4. The number of hydrogen-bond acceptors (Lipinski definition) is 7. The van der Waals surface area contributed by atoms with Gasteiger partial charge in [0.2, 0.25) is 0 Å². The summed E-state index contributed by atoms with van der Waals surface area (Å²) in [7, 11) is -4.14. The van der Waals surface area contributed by atoms with Crippen LogP contribution in [0.5, 0.6) is 28.7 Å². The molecule has 0 saturated heterocycles. The van der Waals surface area contributed by atoms with Crippen molar-refractivity contribution in [2.45, 2.75) is 6.92 Å². The first-order valence-electron chi connectivity index (χ1n) is 10.4. The Morgan fingerprint density at radius 3 is 1.40 bits per heavy atom. The molecule has 0 bridgehead atoms. The van der Waals surface area contributed by atoms with Crippen LogP contribution in [0.2, 0.25) is 0 Å². The highest BCUT2D eigenvalue weighted by Crippen LogP contribution is 2.54. The van der Waals surface area contributed by atoms with E-state index >= 15 is 0 Å².